The van der Waals surface area contributed by atoms with Crippen LogP contribution in [-0.2, 0) is 0 Å². The van der Waals surface area contributed by atoms with Crippen molar-refractivity contribution in [2.24, 2.45) is 0 Å². The molecule has 1 amide bonds. The highest BCUT2D eigenvalue weighted by Gasteiger charge is 2.19. The van der Waals surface area contributed by atoms with E-state index < -0.39 is 0 Å². The number of anilines is 1. The van der Waals surface area contributed by atoms with Gasteiger partial charge in [-0.25, -0.2) is 0 Å². The summed E-state index contributed by atoms with van der Waals surface area (Å²) >= 11 is 0. The molecule has 1 aliphatic rings. The molecule has 1 fully saturated rings. The molecule has 0 N–H and O–H groups in total. The van der Waals surface area contributed by atoms with E-state index >= 15 is 0 Å². The molecule has 0 radical (unpaired) electrons. The summed E-state index contributed by atoms with van der Waals surface area (Å²) in [5.41, 5.74) is 3.14. The topological polar surface area (TPSA) is 23.6 Å². The molecule has 1 heterocycles. The maximum absolute atomic E-state index is 12.2. The van der Waals surface area contributed by atoms with Crippen molar-refractivity contribution in [3.05, 3.63) is 29.3 Å². The van der Waals surface area contributed by atoms with E-state index in [1.54, 1.807) is 0 Å². The second-order valence-electron chi connectivity index (χ2n) is 4.90. The second kappa shape index (κ2) is 4.78. The number of benzene rings is 1. The number of amides is 1. The van der Waals surface area contributed by atoms with E-state index in [4.69, 9.17) is 0 Å². The molecule has 0 saturated carbocycles. The first-order valence-electron chi connectivity index (χ1n) is 6.17. The zero-order valence-corrected chi connectivity index (χ0v) is 10.9. The Labute approximate surface area is 103 Å². The van der Waals surface area contributed by atoms with Crippen molar-refractivity contribution in [3.63, 3.8) is 0 Å². The highest BCUT2D eigenvalue weighted by Crippen LogP contribution is 2.21. The largest absolute Gasteiger partial charge is 0.377 e. The third-order valence-corrected chi connectivity index (χ3v) is 3.32. The first-order valence-corrected chi connectivity index (χ1v) is 6.17. The first-order chi connectivity index (χ1) is 8.09. The van der Waals surface area contributed by atoms with Gasteiger partial charge in [0.25, 0.3) is 5.91 Å². The zero-order valence-electron chi connectivity index (χ0n) is 10.9. The van der Waals surface area contributed by atoms with Gasteiger partial charge in [-0.2, -0.15) is 0 Å². The molecule has 3 heteroatoms. The van der Waals surface area contributed by atoms with Crippen molar-refractivity contribution in [1.29, 1.82) is 0 Å². The Bertz CT molecular complexity index is 420. The molecule has 0 spiro atoms. The number of carbonyl (C=O) groups excluding carboxylic acids is 1. The minimum atomic E-state index is 0.177. The molecule has 3 nitrogen and oxygen atoms in total. The van der Waals surface area contributed by atoms with Gasteiger partial charge in [0.2, 0.25) is 0 Å². The maximum atomic E-state index is 12.2. The third-order valence-electron chi connectivity index (χ3n) is 3.32. The SMILES string of the molecule is Cc1cc(C(=O)N2CCCC2)ccc1N(C)C. The first kappa shape index (κ1) is 12.0. The standard InChI is InChI=1S/C14H20N2O/c1-11-10-12(6-7-13(11)15(2)3)14(17)16-8-4-5-9-16/h6-7,10H,4-5,8-9H2,1-3H3. The molecular weight excluding hydrogens is 212 g/mol. The Morgan fingerprint density at radius 2 is 1.88 bits per heavy atom. The molecule has 0 bridgehead atoms. The van der Waals surface area contributed by atoms with Crippen molar-refractivity contribution < 1.29 is 4.79 Å². The van der Waals surface area contributed by atoms with Crippen LogP contribution in [0.2, 0.25) is 0 Å². The Kier molecular flexibility index (Phi) is 3.36. The molecule has 0 aromatic heterocycles. The Balaban J connectivity index is 2.22. The molecule has 17 heavy (non-hydrogen) atoms. The van der Waals surface area contributed by atoms with Crippen LogP contribution >= 0.6 is 0 Å². The van der Waals surface area contributed by atoms with Gasteiger partial charge in [-0.15, -0.1) is 0 Å². The van der Waals surface area contributed by atoms with Gasteiger partial charge >= 0.3 is 0 Å². The van der Waals surface area contributed by atoms with E-state index in [9.17, 15) is 4.79 Å². The summed E-state index contributed by atoms with van der Waals surface area (Å²) in [6.07, 6.45) is 2.28. The smallest absolute Gasteiger partial charge is 0.253 e. The fourth-order valence-corrected chi connectivity index (χ4v) is 2.39. The highest BCUT2D eigenvalue weighted by atomic mass is 16.2. The number of rotatable bonds is 2. The van der Waals surface area contributed by atoms with Gasteiger partial charge in [0, 0.05) is 38.4 Å². The van der Waals surface area contributed by atoms with Gasteiger partial charge in [-0.05, 0) is 43.5 Å². The highest BCUT2D eigenvalue weighted by molar-refractivity contribution is 5.95. The van der Waals surface area contributed by atoms with Crippen molar-refractivity contribution >= 4 is 11.6 Å². The van der Waals surface area contributed by atoms with Crippen LogP contribution in [0.3, 0.4) is 0 Å². The lowest BCUT2D eigenvalue weighted by atomic mass is 10.1. The van der Waals surface area contributed by atoms with Gasteiger partial charge < -0.3 is 9.80 Å². The van der Waals surface area contributed by atoms with Crippen LogP contribution in [0.5, 0.6) is 0 Å². The van der Waals surface area contributed by atoms with Gasteiger partial charge in [0.1, 0.15) is 0 Å². The molecule has 0 atom stereocenters. The summed E-state index contributed by atoms with van der Waals surface area (Å²) in [7, 11) is 4.04. The number of aryl methyl sites for hydroxylation is 1. The van der Waals surface area contributed by atoms with E-state index in [0.29, 0.717) is 0 Å². The van der Waals surface area contributed by atoms with Gasteiger partial charge in [0.15, 0.2) is 0 Å². The normalized spacial score (nSPS) is 15.1. The van der Waals surface area contributed by atoms with E-state index in [2.05, 4.69) is 11.8 Å². The quantitative estimate of drug-likeness (QED) is 0.781. The Hall–Kier alpha value is -1.51. The number of carbonyl (C=O) groups is 1. The number of hydrogen-bond donors (Lipinski definition) is 0. The molecule has 1 aromatic rings. The van der Waals surface area contributed by atoms with Gasteiger partial charge in [-0.3, -0.25) is 4.79 Å². The van der Waals surface area contributed by atoms with Gasteiger partial charge in [-0.1, -0.05) is 0 Å². The van der Waals surface area contributed by atoms with Gasteiger partial charge in [0.05, 0.1) is 0 Å². The molecule has 1 aliphatic heterocycles. The summed E-state index contributed by atoms with van der Waals surface area (Å²) in [4.78, 5) is 16.2. The van der Waals surface area contributed by atoms with Crippen molar-refractivity contribution in [2.75, 3.05) is 32.1 Å². The lowest BCUT2D eigenvalue weighted by molar-refractivity contribution is 0.0793. The lowest BCUT2D eigenvalue weighted by Crippen LogP contribution is -2.27. The maximum Gasteiger partial charge on any atom is 0.253 e. The average Bonchev–Trinajstić information content (AvgIpc) is 2.80. The number of hydrogen-bond acceptors (Lipinski definition) is 2. The summed E-state index contributed by atoms with van der Waals surface area (Å²) in [5, 5.41) is 0. The predicted molar refractivity (Wildman–Crippen MR) is 70.6 cm³/mol. The molecule has 1 aromatic carbocycles. The molecule has 92 valence electrons. The number of nitrogens with zero attached hydrogens (tertiary/aromatic N) is 2. The van der Waals surface area contributed by atoms with E-state index in [1.807, 2.05) is 37.2 Å². The minimum Gasteiger partial charge on any atom is -0.377 e. The fourth-order valence-electron chi connectivity index (χ4n) is 2.39. The molecule has 0 aliphatic carbocycles. The molecule has 2 rings (SSSR count). The molecule has 1 saturated heterocycles. The fraction of sp³-hybridized carbons (Fsp3) is 0.500. The molecular formula is C14H20N2O. The summed E-state index contributed by atoms with van der Waals surface area (Å²) < 4.78 is 0. The van der Waals surface area contributed by atoms with Crippen LogP contribution < -0.4 is 4.90 Å². The molecule has 0 unspecified atom stereocenters. The lowest BCUT2D eigenvalue weighted by Gasteiger charge is -2.19. The van der Waals surface area contributed by atoms with Crippen molar-refractivity contribution in [3.8, 4) is 0 Å². The van der Waals surface area contributed by atoms with E-state index in [1.165, 1.54) is 5.69 Å². The third kappa shape index (κ3) is 2.43. The van der Waals surface area contributed by atoms with Crippen LogP contribution in [0.15, 0.2) is 18.2 Å². The second-order valence-corrected chi connectivity index (χ2v) is 4.90. The average molecular weight is 232 g/mol. The predicted octanol–water partition coefficient (Wildman–Crippen LogP) is 2.30. The van der Waals surface area contributed by atoms with Crippen molar-refractivity contribution in [2.45, 2.75) is 19.8 Å². The summed E-state index contributed by atoms with van der Waals surface area (Å²) in [5.74, 6) is 0.177. The minimum absolute atomic E-state index is 0.177. The Morgan fingerprint density at radius 3 is 2.41 bits per heavy atom. The van der Waals surface area contributed by atoms with Crippen LogP contribution in [0, 0.1) is 6.92 Å². The summed E-state index contributed by atoms with van der Waals surface area (Å²) in [6.45, 7) is 3.87. The van der Waals surface area contributed by atoms with Crippen LogP contribution in [0.1, 0.15) is 28.8 Å². The Morgan fingerprint density at radius 1 is 1.24 bits per heavy atom. The van der Waals surface area contributed by atoms with E-state index in [-0.39, 0.29) is 5.91 Å². The summed E-state index contributed by atoms with van der Waals surface area (Å²) in [6, 6.07) is 5.96. The monoisotopic (exact) mass is 232 g/mol. The van der Waals surface area contributed by atoms with Crippen LogP contribution in [-0.4, -0.2) is 38.0 Å². The van der Waals surface area contributed by atoms with E-state index in [0.717, 1.165) is 37.1 Å². The number of likely N-dealkylation sites (tertiary alicyclic amines) is 1. The van der Waals surface area contributed by atoms with Crippen LogP contribution in [0.25, 0.3) is 0 Å². The van der Waals surface area contributed by atoms with Crippen LogP contribution in [0.4, 0.5) is 5.69 Å². The zero-order chi connectivity index (χ0) is 12.4. The van der Waals surface area contributed by atoms with Crippen molar-refractivity contribution in [1.82, 2.24) is 4.90 Å².